The maximum atomic E-state index is 12.9. The van der Waals surface area contributed by atoms with E-state index < -0.39 is 21.7 Å². The number of fused-ring (bicyclic) bond motifs is 1. The van der Waals surface area contributed by atoms with E-state index in [9.17, 15) is 18.5 Å². The van der Waals surface area contributed by atoms with Crippen molar-refractivity contribution in [2.45, 2.75) is 51.2 Å². The van der Waals surface area contributed by atoms with Gasteiger partial charge in [0, 0.05) is 18.1 Å². The summed E-state index contributed by atoms with van der Waals surface area (Å²) in [6.45, 7) is 7.51. The third-order valence-electron chi connectivity index (χ3n) is 4.74. The van der Waals surface area contributed by atoms with E-state index in [1.165, 1.54) is 12.1 Å². The van der Waals surface area contributed by atoms with Crippen LogP contribution in [0.4, 0.5) is 10.5 Å². The molecule has 1 heterocycles. The number of amides is 1. The van der Waals surface area contributed by atoms with Gasteiger partial charge >= 0.3 is 6.09 Å². The zero-order chi connectivity index (χ0) is 23.5. The molecule has 3 rings (SSSR count). The molecule has 8 nitrogen and oxygen atoms in total. The molecule has 3 N–H and O–H groups in total. The number of nitrogens with one attached hydrogen (secondary N) is 3. The van der Waals surface area contributed by atoms with Crippen LogP contribution in [0.3, 0.4) is 0 Å². The molecule has 3 aromatic rings. The number of benzene rings is 2. The average molecular weight is 455 g/mol. The number of aryl methyl sites for hydroxylation is 1. The van der Waals surface area contributed by atoms with E-state index in [1.807, 2.05) is 13.0 Å². The lowest BCUT2D eigenvalue weighted by Crippen LogP contribution is -2.32. The first-order valence-electron chi connectivity index (χ1n) is 10.2. The van der Waals surface area contributed by atoms with E-state index in [2.05, 4.69) is 21.1 Å². The fraction of sp³-hybridized carbons (Fsp3) is 0.304. The minimum atomic E-state index is -3.86. The number of H-pyrrole nitrogens is 1. The summed E-state index contributed by atoms with van der Waals surface area (Å²) in [4.78, 5) is 14.9. The Labute approximate surface area is 187 Å². The number of aromatic amines is 1. The van der Waals surface area contributed by atoms with Gasteiger partial charge in [-0.15, -0.1) is 0 Å². The van der Waals surface area contributed by atoms with Gasteiger partial charge in [0.1, 0.15) is 11.7 Å². The topological polar surface area (TPSA) is 124 Å². The number of nitriles is 1. The van der Waals surface area contributed by atoms with Crippen molar-refractivity contribution < 1.29 is 17.9 Å². The highest BCUT2D eigenvalue weighted by molar-refractivity contribution is 7.92. The van der Waals surface area contributed by atoms with Crippen molar-refractivity contribution in [1.82, 2.24) is 10.3 Å². The van der Waals surface area contributed by atoms with Crippen LogP contribution in [0.25, 0.3) is 10.9 Å². The summed E-state index contributed by atoms with van der Waals surface area (Å²) in [6.07, 6.45) is 1.75. The van der Waals surface area contributed by atoms with Crippen LogP contribution in [0, 0.1) is 11.3 Å². The van der Waals surface area contributed by atoms with Crippen molar-refractivity contribution in [1.29, 1.82) is 5.26 Å². The van der Waals surface area contributed by atoms with Crippen LogP contribution >= 0.6 is 0 Å². The second-order valence-electron chi connectivity index (χ2n) is 8.29. The summed E-state index contributed by atoms with van der Waals surface area (Å²) in [7, 11) is -3.86. The summed E-state index contributed by atoms with van der Waals surface area (Å²) in [5.74, 6) is 0. The van der Waals surface area contributed by atoms with E-state index in [-0.39, 0.29) is 11.4 Å². The molecule has 0 aliphatic heterocycles. The van der Waals surface area contributed by atoms with Gasteiger partial charge in [-0.1, -0.05) is 25.1 Å². The molecule has 168 valence electrons. The van der Waals surface area contributed by atoms with Crippen molar-refractivity contribution in [3.63, 3.8) is 0 Å². The zero-order valence-electron chi connectivity index (χ0n) is 18.4. The van der Waals surface area contributed by atoms with Gasteiger partial charge in [-0.05, 0) is 56.5 Å². The van der Waals surface area contributed by atoms with E-state index in [0.29, 0.717) is 16.8 Å². The number of anilines is 1. The predicted molar refractivity (Wildman–Crippen MR) is 123 cm³/mol. The third kappa shape index (κ3) is 5.21. The van der Waals surface area contributed by atoms with E-state index in [0.717, 1.165) is 22.9 Å². The van der Waals surface area contributed by atoms with Crippen molar-refractivity contribution in [2.24, 2.45) is 0 Å². The Balaban J connectivity index is 1.77. The van der Waals surface area contributed by atoms with E-state index >= 15 is 0 Å². The number of carbonyl (C=O) groups excluding carboxylic acids is 1. The minimum Gasteiger partial charge on any atom is -0.444 e. The van der Waals surface area contributed by atoms with Crippen LogP contribution < -0.4 is 10.0 Å². The van der Waals surface area contributed by atoms with Crippen molar-refractivity contribution in [3.05, 3.63) is 59.3 Å². The molecule has 0 bridgehead atoms. The number of hydrogen-bond donors (Lipinski definition) is 3. The quantitative estimate of drug-likeness (QED) is 0.508. The van der Waals surface area contributed by atoms with Gasteiger partial charge in [-0.2, -0.15) is 5.26 Å². The first kappa shape index (κ1) is 23.2. The number of rotatable bonds is 6. The van der Waals surface area contributed by atoms with Gasteiger partial charge in [0.2, 0.25) is 0 Å². The molecule has 0 spiro atoms. The maximum Gasteiger partial charge on any atom is 0.407 e. The van der Waals surface area contributed by atoms with Crippen LogP contribution in [-0.4, -0.2) is 25.1 Å². The number of hydrogen-bond acceptors (Lipinski definition) is 5. The Morgan fingerprint density at radius 1 is 1.16 bits per heavy atom. The number of aromatic nitrogens is 1. The molecule has 0 radical (unpaired) electrons. The molecule has 0 saturated heterocycles. The second kappa shape index (κ2) is 8.93. The number of ether oxygens (including phenoxy) is 1. The minimum absolute atomic E-state index is 0.0818. The Morgan fingerprint density at radius 2 is 1.84 bits per heavy atom. The lowest BCUT2D eigenvalue weighted by Gasteiger charge is -2.19. The number of sulfonamides is 1. The van der Waals surface area contributed by atoms with Crippen LogP contribution in [0.2, 0.25) is 0 Å². The molecule has 0 saturated carbocycles. The molecule has 1 aromatic heterocycles. The van der Waals surface area contributed by atoms with Gasteiger partial charge in [0.05, 0.1) is 21.7 Å². The smallest absolute Gasteiger partial charge is 0.407 e. The first-order chi connectivity index (χ1) is 15.0. The molecule has 1 amide bonds. The summed E-state index contributed by atoms with van der Waals surface area (Å²) < 4.78 is 33.7. The van der Waals surface area contributed by atoms with Crippen molar-refractivity contribution >= 4 is 32.7 Å². The molecular weight excluding hydrogens is 428 g/mol. The van der Waals surface area contributed by atoms with Gasteiger partial charge < -0.3 is 15.0 Å². The molecule has 0 atom stereocenters. The summed E-state index contributed by atoms with van der Waals surface area (Å²) in [6, 6.07) is 11.9. The predicted octanol–water partition coefficient (Wildman–Crippen LogP) is 4.43. The molecule has 9 heteroatoms. The monoisotopic (exact) mass is 454 g/mol. The standard InChI is InChI=1S/C23H26N4O4S/c1-5-16-8-11-19(21-20(16)17(12-24)14-25-21)27-32(29,30)18-9-6-15(7-10-18)13-26-22(28)31-23(2,3)4/h6-11,14,25,27H,5,13H2,1-4H3,(H,26,28). The Morgan fingerprint density at radius 3 is 2.44 bits per heavy atom. The van der Waals surface area contributed by atoms with Gasteiger partial charge in [0.15, 0.2) is 0 Å². The van der Waals surface area contributed by atoms with E-state index in [4.69, 9.17) is 4.74 Å². The van der Waals surface area contributed by atoms with Gasteiger partial charge in [-0.25, -0.2) is 13.2 Å². The lowest BCUT2D eigenvalue weighted by molar-refractivity contribution is 0.0523. The molecule has 2 aromatic carbocycles. The molecular formula is C23H26N4O4S. The fourth-order valence-electron chi connectivity index (χ4n) is 3.27. The van der Waals surface area contributed by atoms with E-state index in [1.54, 1.807) is 45.2 Å². The summed E-state index contributed by atoms with van der Waals surface area (Å²) in [5, 5.41) is 12.7. The Bertz CT molecular complexity index is 1280. The Kier molecular flexibility index (Phi) is 6.46. The zero-order valence-corrected chi connectivity index (χ0v) is 19.3. The maximum absolute atomic E-state index is 12.9. The molecule has 0 aliphatic rings. The highest BCUT2D eigenvalue weighted by Gasteiger charge is 2.19. The second-order valence-corrected chi connectivity index (χ2v) is 9.98. The highest BCUT2D eigenvalue weighted by atomic mass is 32.2. The number of carbonyl (C=O) groups is 1. The van der Waals surface area contributed by atoms with Crippen LogP contribution in [0.1, 0.15) is 44.4 Å². The van der Waals surface area contributed by atoms with Crippen molar-refractivity contribution in [3.8, 4) is 6.07 Å². The SMILES string of the molecule is CCc1ccc(NS(=O)(=O)c2ccc(CNC(=O)OC(C)(C)C)cc2)c2[nH]cc(C#N)c12. The summed E-state index contributed by atoms with van der Waals surface area (Å²) >= 11 is 0. The first-order valence-corrected chi connectivity index (χ1v) is 11.6. The molecule has 0 fully saturated rings. The van der Waals surface area contributed by atoms with Crippen LogP contribution in [-0.2, 0) is 27.7 Å². The molecule has 0 unspecified atom stereocenters. The number of alkyl carbamates (subject to hydrolysis) is 1. The van der Waals surface area contributed by atoms with Crippen molar-refractivity contribution in [2.75, 3.05) is 4.72 Å². The normalized spacial score (nSPS) is 11.7. The van der Waals surface area contributed by atoms with Crippen LogP contribution in [0.15, 0.2) is 47.5 Å². The molecule has 32 heavy (non-hydrogen) atoms. The number of nitrogens with zero attached hydrogens (tertiary/aromatic N) is 1. The third-order valence-corrected chi connectivity index (χ3v) is 6.12. The van der Waals surface area contributed by atoms with Crippen LogP contribution in [0.5, 0.6) is 0 Å². The largest absolute Gasteiger partial charge is 0.444 e. The molecule has 0 aliphatic carbocycles. The highest BCUT2D eigenvalue weighted by Crippen LogP contribution is 2.30. The average Bonchev–Trinajstić information content (AvgIpc) is 3.16. The summed E-state index contributed by atoms with van der Waals surface area (Å²) in [5.41, 5.74) is 2.51. The van der Waals surface area contributed by atoms with Gasteiger partial charge in [0.25, 0.3) is 10.0 Å². The Hall–Kier alpha value is -3.51. The fourth-order valence-corrected chi connectivity index (χ4v) is 4.34. The van der Waals surface area contributed by atoms with Gasteiger partial charge in [-0.3, -0.25) is 4.72 Å². The lowest BCUT2D eigenvalue weighted by atomic mass is 10.0.